The molecule has 1 aromatic heterocycles. The number of nitrogens with zero attached hydrogens (tertiary/aromatic N) is 1. The standard InChI is InChI=1S/C16H23N3/c1-12(2)10-14-4-6-15(7-5-14)11-19-13(3)16-17-8-9-18-16/h4-9,12-13,19H,10-11H2,1-3H3,(H,17,18). The van der Waals surface area contributed by atoms with Crippen LogP contribution in [0.5, 0.6) is 0 Å². The van der Waals surface area contributed by atoms with Gasteiger partial charge in [-0.2, -0.15) is 0 Å². The molecule has 1 heterocycles. The lowest BCUT2D eigenvalue weighted by Gasteiger charge is -2.12. The maximum Gasteiger partial charge on any atom is 0.122 e. The Balaban J connectivity index is 1.86. The lowest BCUT2D eigenvalue weighted by atomic mass is 10.0. The molecule has 0 bridgehead atoms. The van der Waals surface area contributed by atoms with E-state index in [0.717, 1.165) is 18.8 Å². The summed E-state index contributed by atoms with van der Waals surface area (Å²) in [5.41, 5.74) is 2.73. The summed E-state index contributed by atoms with van der Waals surface area (Å²) in [7, 11) is 0. The summed E-state index contributed by atoms with van der Waals surface area (Å²) in [6.45, 7) is 7.48. The molecule has 2 N–H and O–H groups in total. The van der Waals surface area contributed by atoms with Crippen LogP contribution in [-0.4, -0.2) is 9.97 Å². The van der Waals surface area contributed by atoms with Crippen molar-refractivity contribution in [2.75, 3.05) is 0 Å². The third kappa shape index (κ3) is 4.21. The van der Waals surface area contributed by atoms with E-state index in [1.807, 2.05) is 6.20 Å². The van der Waals surface area contributed by atoms with Gasteiger partial charge in [-0.05, 0) is 30.4 Å². The molecule has 0 saturated carbocycles. The third-order valence-corrected chi connectivity index (χ3v) is 3.21. The number of nitrogens with one attached hydrogen (secondary N) is 2. The zero-order valence-electron chi connectivity index (χ0n) is 12.0. The molecule has 1 aromatic carbocycles. The summed E-state index contributed by atoms with van der Waals surface area (Å²) >= 11 is 0. The quantitative estimate of drug-likeness (QED) is 0.832. The molecule has 3 nitrogen and oxygen atoms in total. The number of hydrogen-bond donors (Lipinski definition) is 2. The normalized spacial score (nSPS) is 12.8. The Morgan fingerprint density at radius 2 is 1.79 bits per heavy atom. The van der Waals surface area contributed by atoms with E-state index in [0.29, 0.717) is 5.92 Å². The molecule has 0 saturated heterocycles. The van der Waals surface area contributed by atoms with E-state index in [1.54, 1.807) is 6.20 Å². The monoisotopic (exact) mass is 257 g/mol. The predicted octanol–water partition coefficient (Wildman–Crippen LogP) is 3.46. The van der Waals surface area contributed by atoms with Crippen molar-refractivity contribution in [3.05, 3.63) is 53.6 Å². The first kappa shape index (κ1) is 13.8. The Morgan fingerprint density at radius 3 is 2.37 bits per heavy atom. The zero-order valence-corrected chi connectivity index (χ0v) is 12.0. The molecule has 2 rings (SSSR count). The van der Waals surface area contributed by atoms with E-state index in [2.05, 4.69) is 60.3 Å². The summed E-state index contributed by atoms with van der Waals surface area (Å²) in [5, 5.41) is 3.47. The van der Waals surface area contributed by atoms with Crippen LogP contribution in [0.2, 0.25) is 0 Å². The van der Waals surface area contributed by atoms with Crippen molar-refractivity contribution in [3.8, 4) is 0 Å². The lowest BCUT2D eigenvalue weighted by molar-refractivity contribution is 0.550. The molecule has 0 aliphatic carbocycles. The maximum absolute atomic E-state index is 4.26. The second kappa shape index (κ2) is 6.53. The van der Waals surface area contributed by atoms with Crippen LogP contribution in [0.4, 0.5) is 0 Å². The molecule has 19 heavy (non-hydrogen) atoms. The minimum Gasteiger partial charge on any atom is -0.347 e. The Kier molecular flexibility index (Phi) is 4.74. The highest BCUT2D eigenvalue weighted by atomic mass is 15.0. The summed E-state index contributed by atoms with van der Waals surface area (Å²) in [6, 6.07) is 9.12. The number of rotatable bonds is 6. The number of benzene rings is 1. The average Bonchev–Trinajstić information content (AvgIpc) is 2.91. The first-order valence-corrected chi connectivity index (χ1v) is 6.95. The number of hydrogen-bond acceptors (Lipinski definition) is 2. The molecule has 3 heteroatoms. The van der Waals surface area contributed by atoms with Gasteiger partial charge in [-0.1, -0.05) is 38.1 Å². The molecule has 102 valence electrons. The fraction of sp³-hybridized carbons (Fsp3) is 0.438. The maximum atomic E-state index is 4.26. The molecule has 1 atom stereocenters. The molecule has 2 aromatic rings. The van der Waals surface area contributed by atoms with E-state index in [9.17, 15) is 0 Å². The lowest BCUT2D eigenvalue weighted by Crippen LogP contribution is -2.19. The summed E-state index contributed by atoms with van der Waals surface area (Å²) in [6.07, 6.45) is 4.79. The van der Waals surface area contributed by atoms with E-state index < -0.39 is 0 Å². The second-order valence-corrected chi connectivity index (χ2v) is 5.49. The predicted molar refractivity (Wildman–Crippen MR) is 78.8 cm³/mol. The van der Waals surface area contributed by atoms with Crippen molar-refractivity contribution in [3.63, 3.8) is 0 Å². The van der Waals surface area contributed by atoms with E-state index >= 15 is 0 Å². The van der Waals surface area contributed by atoms with Gasteiger partial charge in [0.05, 0.1) is 6.04 Å². The van der Waals surface area contributed by atoms with Gasteiger partial charge in [-0.25, -0.2) is 4.98 Å². The van der Waals surface area contributed by atoms with Crippen LogP contribution in [0.1, 0.15) is 43.8 Å². The molecule has 0 aliphatic rings. The Bertz CT molecular complexity index is 471. The van der Waals surface area contributed by atoms with Gasteiger partial charge in [-0.15, -0.1) is 0 Å². The largest absolute Gasteiger partial charge is 0.347 e. The highest BCUT2D eigenvalue weighted by Gasteiger charge is 2.06. The van der Waals surface area contributed by atoms with E-state index in [1.165, 1.54) is 11.1 Å². The van der Waals surface area contributed by atoms with Crippen molar-refractivity contribution < 1.29 is 0 Å². The first-order chi connectivity index (χ1) is 9.15. The van der Waals surface area contributed by atoms with E-state index in [-0.39, 0.29) is 6.04 Å². The average molecular weight is 257 g/mol. The van der Waals surface area contributed by atoms with Crippen LogP contribution in [0.25, 0.3) is 0 Å². The van der Waals surface area contributed by atoms with Gasteiger partial charge in [0.2, 0.25) is 0 Å². The molecule has 0 radical (unpaired) electrons. The van der Waals surface area contributed by atoms with Gasteiger partial charge in [0.25, 0.3) is 0 Å². The third-order valence-electron chi connectivity index (χ3n) is 3.21. The molecule has 0 fully saturated rings. The topological polar surface area (TPSA) is 40.7 Å². The smallest absolute Gasteiger partial charge is 0.122 e. The van der Waals surface area contributed by atoms with Crippen molar-refractivity contribution in [2.45, 2.75) is 39.8 Å². The molecule has 0 aliphatic heterocycles. The molecular weight excluding hydrogens is 234 g/mol. The van der Waals surface area contributed by atoms with Gasteiger partial charge in [0, 0.05) is 18.9 Å². The second-order valence-electron chi connectivity index (χ2n) is 5.49. The van der Waals surface area contributed by atoms with Gasteiger partial charge < -0.3 is 10.3 Å². The van der Waals surface area contributed by atoms with Crippen LogP contribution in [0, 0.1) is 5.92 Å². The zero-order chi connectivity index (χ0) is 13.7. The van der Waals surface area contributed by atoms with Gasteiger partial charge in [0.1, 0.15) is 5.82 Å². The summed E-state index contributed by atoms with van der Waals surface area (Å²) in [5.74, 6) is 1.69. The number of aromatic nitrogens is 2. The van der Waals surface area contributed by atoms with Gasteiger partial charge in [-0.3, -0.25) is 0 Å². The van der Waals surface area contributed by atoms with Crippen LogP contribution < -0.4 is 5.32 Å². The SMILES string of the molecule is CC(C)Cc1ccc(CNC(C)c2ncc[nH]2)cc1. The number of aromatic amines is 1. The van der Waals surface area contributed by atoms with Crippen LogP contribution in [-0.2, 0) is 13.0 Å². The fourth-order valence-corrected chi connectivity index (χ4v) is 2.15. The van der Waals surface area contributed by atoms with Crippen LogP contribution in [0.15, 0.2) is 36.7 Å². The highest BCUT2D eigenvalue weighted by Crippen LogP contribution is 2.11. The van der Waals surface area contributed by atoms with Crippen LogP contribution >= 0.6 is 0 Å². The number of H-pyrrole nitrogens is 1. The van der Waals surface area contributed by atoms with Crippen molar-refractivity contribution in [1.82, 2.24) is 15.3 Å². The van der Waals surface area contributed by atoms with Crippen molar-refractivity contribution >= 4 is 0 Å². The summed E-state index contributed by atoms with van der Waals surface area (Å²) in [4.78, 5) is 7.39. The molecule has 0 amide bonds. The molecule has 1 unspecified atom stereocenters. The number of imidazole rings is 1. The van der Waals surface area contributed by atoms with Crippen molar-refractivity contribution in [1.29, 1.82) is 0 Å². The van der Waals surface area contributed by atoms with E-state index in [4.69, 9.17) is 0 Å². The summed E-state index contributed by atoms with van der Waals surface area (Å²) < 4.78 is 0. The fourth-order valence-electron chi connectivity index (χ4n) is 2.15. The highest BCUT2D eigenvalue weighted by molar-refractivity contribution is 5.22. The molecule has 0 spiro atoms. The van der Waals surface area contributed by atoms with Gasteiger partial charge >= 0.3 is 0 Å². The Labute approximate surface area is 115 Å². The first-order valence-electron chi connectivity index (χ1n) is 6.95. The minimum absolute atomic E-state index is 0.241. The minimum atomic E-state index is 0.241. The van der Waals surface area contributed by atoms with Crippen molar-refractivity contribution in [2.24, 2.45) is 5.92 Å². The molecular formula is C16H23N3. The van der Waals surface area contributed by atoms with Gasteiger partial charge in [0.15, 0.2) is 0 Å². The van der Waals surface area contributed by atoms with Crippen LogP contribution in [0.3, 0.4) is 0 Å². The Hall–Kier alpha value is -1.61. The Morgan fingerprint density at radius 1 is 1.11 bits per heavy atom.